The maximum atomic E-state index is 12.1. The number of nitrogens with zero attached hydrogens (tertiary/aromatic N) is 1. The van der Waals surface area contributed by atoms with Crippen LogP contribution in [0.3, 0.4) is 0 Å². The van der Waals surface area contributed by atoms with Gasteiger partial charge in [-0.3, -0.25) is 4.79 Å². The van der Waals surface area contributed by atoms with E-state index in [0.717, 1.165) is 26.0 Å². The van der Waals surface area contributed by atoms with Crippen molar-refractivity contribution in [3.05, 3.63) is 0 Å². The summed E-state index contributed by atoms with van der Waals surface area (Å²) in [6.07, 6.45) is 1.65. The van der Waals surface area contributed by atoms with Gasteiger partial charge in [-0.05, 0) is 18.8 Å². The van der Waals surface area contributed by atoms with Crippen LogP contribution in [0.2, 0.25) is 0 Å². The minimum absolute atomic E-state index is 0.128. The number of carbonyl (C=O) groups excluding carboxylic acids is 1. The van der Waals surface area contributed by atoms with E-state index in [1.54, 1.807) is 7.11 Å². The zero-order valence-corrected chi connectivity index (χ0v) is 10.6. The first-order valence-electron chi connectivity index (χ1n) is 6.04. The van der Waals surface area contributed by atoms with E-state index in [-0.39, 0.29) is 12.0 Å². The summed E-state index contributed by atoms with van der Waals surface area (Å²) in [7, 11) is 1.66. The highest BCUT2D eigenvalue weighted by Crippen LogP contribution is 2.15. The van der Waals surface area contributed by atoms with Gasteiger partial charge in [0.1, 0.15) is 6.10 Å². The molecule has 0 bridgehead atoms. The molecule has 0 aromatic rings. The average Bonchev–Trinajstić information content (AvgIpc) is 2.76. The Balaban J connectivity index is 2.48. The number of amides is 1. The average molecular weight is 229 g/mol. The van der Waals surface area contributed by atoms with Crippen LogP contribution < -0.4 is 0 Å². The highest BCUT2D eigenvalue weighted by molar-refractivity contribution is 5.81. The minimum Gasteiger partial charge on any atom is -0.383 e. The number of ether oxygens (including phenoxy) is 2. The molecule has 1 saturated heterocycles. The van der Waals surface area contributed by atoms with E-state index in [0.29, 0.717) is 19.1 Å². The Kier molecular flexibility index (Phi) is 5.77. The van der Waals surface area contributed by atoms with Crippen molar-refractivity contribution in [2.75, 3.05) is 33.4 Å². The van der Waals surface area contributed by atoms with Gasteiger partial charge in [0.2, 0.25) is 0 Å². The van der Waals surface area contributed by atoms with E-state index < -0.39 is 0 Å². The van der Waals surface area contributed by atoms with Crippen LogP contribution in [0.15, 0.2) is 0 Å². The molecule has 0 saturated carbocycles. The third-order valence-corrected chi connectivity index (χ3v) is 2.67. The Morgan fingerprint density at radius 2 is 2.31 bits per heavy atom. The van der Waals surface area contributed by atoms with Crippen molar-refractivity contribution in [1.29, 1.82) is 0 Å². The lowest BCUT2D eigenvalue weighted by Crippen LogP contribution is -2.42. The minimum atomic E-state index is -0.212. The van der Waals surface area contributed by atoms with Gasteiger partial charge in [0, 0.05) is 26.8 Å². The van der Waals surface area contributed by atoms with Crippen LogP contribution in [0.1, 0.15) is 26.7 Å². The van der Waals surface area contributed by atoms with Crippen LogP contribution in [-0.2, 0) is 14.3 Å². The molecule has 94 valence electrons. The second kappa shape index (κ2) is 6.86. The van der Waals surface area contributed by atoms with Crippen molar-refractivity contribution in [2.24, 2.45) is 5.92 Å². The van der Waals surface area contributed by atoms with Crippen molar-refractivity contribution in [3.8, 4) is 0 Å². The summed E-state index contributed by atoms with van der Waals surface area (Å²) in [4.78, 5) is 14.0. The number of rotatable bonds is 6. The smallest absolute Gasteiger partial charge is 0.251 e. The summed E-state index contributed by atoms with van der Waals surface area (Å²) in [5.74, 6) is 0.602. The fourth-order valence-electron chi connectivity index (χ4n) is 1.91. The second-order valence-electron chi connectivity index (χ2n) is 4.67. The van der Waals surface area contributed by atoms with Crippen LogP contribution in [0.25, 0.3) is 0 Å². The van der Waals surface area contributed by atoms with Gasteiger partial charge in [-0.15, -0.1) is 0 Å². The summed E-state index contributed by atoms with van der Waals surface area (Å²) in [6.45, 7) is 6.97. The monoisotopic (exact) mass is 229 g/mol. The molecule has 0 aromatic carbocycles. The summed E-state index contributed by atoms with van der Waals surface area (Å²) in [5, 5.41) is 0. The number of hydrogen-bond acceptors (Lipinski definition) is 3. The number of carbonyl (C=O) groups is 1. The quantitative estimate of drug-likeness (QED) is 0.689. The topological polar surface area (TPSA) is 38.8 Å². The van der Waals surface area contributed by atoms with Gasteiger partial charge in [-0.1, -0.05) is 13.8 Å². The Morgan fingerprint density at radius 3 is 2.81 bits per heavy atom. The summed E-state index contributed by atoms with van der Waals surface area (Å²) >= 11 is 0. The highest BCUT2D eigenvalue weighted by Gasteiger charge is 2.28. The van der Waals surface area contributed by atoms with Crippen molar-refractivity contribution in [3.63, 3.8) is 0 Å². The van der Waals surface area contributed by atoms with E-state index >= 15 is 0 Å². The van der Waals surface area contributed by atoms with Crippen molar-refractivity contribution in [1.82, 2.24) is 4.90 Å². The van der Waals surface area contributed by atoms with E-state index in [9.17, 15) is 4.79 Å². The summed E-state index contributed by atoms with van der Waals surface area (Å²) in [5.41, 5.74) is 0. The van der Waals surface area contributed by atoms with Gasteiger partial charge in [0.15, 0.2) is 0 Å². The van der Waals surface area contributed by atoms with Gasteiger partial charge in [-0.2, -0.15) is 0 Å². The third-order valence-electron chi connectivity index (χ3n) is 2.67. The lowest BCUT2D eigenvalue weighted by Gasteiger charge is -2.26. The number of hydrogen-bond donors (Lipinski definition) is 0. The van der Waals surface area contributed by atoms with E-state index in [2.05, 4.69) is 13.8 Å². The van der Waals surface area contributed by atoms with Crippen molar-refractivity contribution in [2.45, 2.75) is 32.8 Å². The molecule has 1 rings (SSSR count). The van der Waals surface area contributed by atoms with Crippen LogP contribution in [-0.4, -0.2) is 50.3 Å². The molecule has 0 aromatic heterocycles. The van der Waals surface area contributed by atoms with Gasteiger partial charge in [-0.25, -0.2) is 0 Å². The Bertz CT molecular complexity index is 212. The predicted octanol–water partition coefficient (Wildman–Crippen LogP) is 1.30. The molecule has 1 aliphatic heterocycles. The molecule has 1 unspecified atom stereocenters. The standard InChI is InChI=1S/C12H23NO3/c1-10(2)9-13(6-8-15-3)12(14)11-5-4-7-16-11/h10-11H,4-9H2,1-3H3. The SMILES string of the molecule is COCCN(CC(C)C)C(=O)C1CCCO1. The van der Waals surface area contributed by atoms with Crippen molar-refractivity contribution < 1.29 is 14.3 Å². The van der Waals surface area contributed by atoms with Crippen LogP contribution >= 0.6 is 0 Å². The zero-order chi connectivity index (χ0) is 12.0. The molecule has 0 spiro atoms. The molecule has 0 aliphatic carbocycles. The van der Waals surface area contributed by atoms with Gasteiger partial charge < -0.3 is 14.4 Å². The first-order valence-corrected chi connectivity index (χ1v) is 6.04. The highest BCUT2D eigenvalue weighted by atomic mass is 16.5. The first-order chi connectivity index (χ1) is 7.65. The maximum absolute atomic E-state index is 12.1. The van der Waals surface area contributed by atoms with Gasteiger partial charge in [0.05, 0.1) is 6.61 Å². The Labute approximate surface area is 97.9 Å². The normalized spacial score (nSPS) is 20.4. The van der Waals surface area contributed by atoms with Crippen LogP contribution in [0.5, 0.6) is 0 Å². The largest absolute Gasteiger partial charge is 0.383 e. The fraction of sp³-hybridized carbons (Fsp3) is 0.917. The second-order valence-corrected chi connectivity index (χ2v) is 4.67. The molecule has 0 N–H and O–H groups in total. The lowest BCUT2D eigenvalue weighted by atomic mass is 10.1. The molecular formula is C12H23NO3. The first kappa shape index (κ1) is 13.5. The summed E-state index contributed by atoms with van der Waals surface area (Å²) < 4.78 is 10.5. The molecule has 1 aliphatic rings. The Hall–Kier alpha value is -0.610. The molecule has 1 heterocycles. The van der Waals surface area contributed by atoms with Crippen molar-refractivity contribution >= 4 is 5.91 Å². The van der Waals surface area contributed by atoms with E-state index in [1.165, 1.54) is 0 Å². The maximum Gasteiger partial charge on any atom is 0.251 e. The molecule has 1 fully saturated rings. The Morgan fingerprint density at radius 1 is 1.56 bits per heavy atom. The van der Waals surface area contributed by atoms with Crippen LogP contribution in [0.4, 0.5) is 0 Å². The summed E-state index contributed by atoms with van der Waals surface area (Å²) in [6, 6.07) is 0. The van der Waals surface area contributed by atoms with Gasteiger partial charge in [0.25, 0.3) is 5.91 Å². The molecule has 4 nitrogen and oxygen atoms in total. The fourth-order valence-corrected chi connectivity index (χ4v) is 1.91. The molecule has 1 amide bonds. The third kappa shape index (κ3) is 4.10. The van der Waals surface area contributed by atoms with Gasteiger partial charge >= 0.3 is 0 Å². The lowest BCUT2D eigenvalue weighted by molar-refractivity contribution is -0.142. The van der Waals surface area contributed by atoms with Crippen LogP contribution in [0, 0.1) is 5.92 Å². The molecule has 16 heavy (non-hydrogen) atoms. The van der Waals surface area contributed by atoms with E-state index in [1.807, 2.05) is 4.90 Å². The van der Waals surface area contributed by atoms with E-state index in [4.69, 9.17) is 9.47 Å². The molecule has 1 atom stereocenters. The molecule has 0 radical (unpaired) electrons. The molecule has 4 heteroatoms. The predicted molar refractivity (Wildman–Crippen MR) is 62.3 cm³/mol. The molecular weight excluding hydrogens is 206 g/mol. The zero-order valence-electron chi connectivity index (χ0n) is 10.6. The number of methoxy groups -OCH3 is 1.